The Balaban J connectivity index is 0.00000450. The van der Waals surface area contributed by atoms with E-state index in [0.717, 1.165) is 45.2 Å². The van der Waals surface area contributed by atoms with Crippen molar-refractivity contribution in [2.24, 2.45) is 4.99 Å². The number of benzene rings is 1. The van der Waals surface area contributed by atoms with Gasteiger partial charge in [0, 0.05) is 58.4 Å². The van der Waals surface area contributed by atoms with Crippen LogP contribution >= 0.6 is 24.0 Å². The van der Waals surface area contributed by atoms with Crippen molar-refractivity contribution in [1.29, 1.82) is 0 Å². The second kappa shape index (κ2) is 13.8. The lowest BCUT2D eigenvalue weighted by atomic mass is 10.2. The molecule has 1 heterocycles. The summed E-state index contributed by atoms with van der Waals surface area (Å²) in [6, 6.07) is 11.1. The Kier molecular flexibility index (Phi) is 12.3. The molecule has 1 saturated heterocycles. The first-order chi connectivity index (χ1) is 13.9. The van der Waals surface area contributed by atoms with Crippen LogP contribution in [0.2, 0.25) is 0 Å². The fraction of sp³-hybridized carbons (Fsp3) is 0.636. The Labute approximate surface area is 199 Å². The number of aliphatic imine (C=N–C) groups is 1. The number of carbonyl (C=O) groups excluding carboxylic acids is 1. The maximum absolute atomic E-state index is 12.0. The van der Waals surface area contributed by atoms with Gasteiger partial charge in [0.2, 0.25) is 5.91 Å². The van der Waals surface area contributed by atoms with Gasteiger partial charge in [-0.25, -0.2) is 0 Å². The van der Waals surface area contributed by atoms with Gasteiger partial charge in [0.25, 0.3) is 0 Å². The van der Waals surface area contributed by atoms with Crippen LogP contribution in [0.1, 0.15) is 26.3 Å². The topological polar surface area (TPSA) is 63.2 Å². The van der Waals surface area contributed by atoms with E-state index in [1.165, 1.54) is 5.56 Å². The first kappa shape index (κ1) is 26.6. The van der Waals surface area contributed by atoms with Gasteiger partial charge in [0.1, 0.15) is 0 Å². The Morgan fingerprint density at radius 1 is 1.13 bits per heavy atom. The minimum absolute atomic E-state index is 0. The summed E-state index contributed by atoms with van der Waals surface area (Å²) < 4.78 is 0. The van der Waals surface area contributed by atoms with E-state index in [2.05, 4.69) is 74.6 Å². The number of guanidine groups is 1. The molecule has 0 aliphatic carbocycles. The molecule has 2 N–H and O–H groups in total. The van der Waals surface area contributed by atoms with Crippen molar-refractivity contribution in [3.63, 3.8) is 0 Å². The van der Waals surface area contributed by atoms with Gasteiger partial charge in [-0.1, -0.05) is 30.3 Å². The smallest absolute Gasteiger partial charge is 0.234 e. The highest BCUT2D eigenvalue weighted by Crippen LogP contribution is 2.06. The predicted molar refractivity (Wildman–Crippen MR) is 135 cm³/mol. The average molecular weight is 530 g/mol. The third-order valence-electron chi connectivity index (χ3n) is 5.28. The van der Waals surface area contributed by atoms with Crippen LogP contribution in [0, 0.1) is 0 Å². The van der Waals surface area contributed by atoms with Crippen LogP contribution < -0.4 is 10.6 Å². The maximum atomic E-state index is 12.0. The molecule has 0 spiro atoms. The van der Waals surface area contributed by atoms with Gasteiger partial charge < -0.3 is 15.5 Å². The standard InChI is InChI=1S/C22H38N6O.HI/c1-18(2)25-21(29)17-27-11-13-28(14-12-27)22(23-4)24-15-19(3)26(5)16-20-9-7-6-8-10-20;/h6-10,18-19H,11-17H2,1-5H3,(H,23,24)(H,25,29);1H. The Morgan fingerprint density at radius 2 is 1.77 bits per heavy atom. The van der Waals surface area contributed by atoms with Gasteiger partial charge >= 0.3 is 0 Å². The van der Waals surface area contributed by atoms with Crippen LogP contribution in [0.4, 0.5) is 0 Å². The van der Waals surface area contributed by atoms with Gasteiger partial charge in [-0.05, 0) is 33.4 Å². The summed E-state index contributed by atoms with van der Waals surface area (Å²) in [5.74, 6) is 1.04. The van der Waals surface area contributed by atoms with Gasteiger partial charge in [-0.15, -0.1) is 24.0 Å². The molecule has 1 aromatic rings. The van der Waals surface area contributed by atoms with Crippen LogP contribution in [0.5, 0.6) is 0 Å². The summed E-state index contributed by atoms with van der Waals surface area (Å²) in [6.07, 6.45) is 0. The Morgan fingerprint density at radius 3 is 2.33 bits per heavy atom. The molecule has 0 saturated carbocycles. The molecule has 8 heteroatoms. The third-order valence-corrected chi connectivity index (χ3v) is 5.28. The van der Waals surface area contributed by atoms with E-state index in [9.17, 15) is 4.79 Å². The van der Waals surface area contributed by atoms with E-state index < -0.39 is 0 Å². The van der Waals surface area contributed by atoms with Crippen molar-refractivity contribution >= 4 is 35.8 Å². The molecule has 1 unspecified atom stereocenters. The van der Waals surface area contributed by atoms with Crippen molar-refractivity contribution in [1.82, 2.24) is 25.3 Å². The van der Waals surface area contributed by atoms with Crippen molar-refractivity contribution in [2.45, 2.75) is 39.4 Å². The van der Waals surface area contributed by atoms with Gasteiger partial charge in [-0.2, -0.15) is 0 Å². The van der Waals surface area contributed by atoms with Gasteiger partial charge in [0.05, 0.1) is 6.54 Å². The van der Waals surface area contributed by atoms with Crippen LogP contribution in [-0.4, -0.2) is 92.0 Å². The minimum Gasteiger partial charge on any atom is -0.355 e. The molecule has 1 fully saturated rings. The molecule has 1 aliphatic rings. The molecule has 0 radical (unpaired) electrons. The number of nitrogens with zero attached hydrogens (tertiary/aromatic N) is 4. The van der Waals surface area contributed by atoms with E-state index in [0.29, 0.717) is 12.6 Å². The van der Waals surface area contributed by atoms with E-state index in [-0.39, 0.29) is 35.9 Å². The average Bonchev–Trinajstić information content (AvgIpc) is 2.69. The van der Waals surface area contributed by atoms with Crippen LogP contribution in [0.25, 0.3) is 0 Å². The van der Waals surface area contributed by atoms with E-state index in [1.807, 2.05) is 20.9 Å². The fourth-order valence-electron chi connectivity index (χ4n) is 3.44. The number of halogens is 1. The zero-order valence-electron chi connectivity index (χ0n) is 19.1. The number of amides is 1. The molecule has 0 bridgehead atoms. The Hall–Kier alpha value is -1.39. The summed E-state index contributed by atoms with van der Waals surface area (Å²) >= 11 is 0. The van der Waals surface area contributed by atoms with Crippen molar-refractivity contribution in [2.75, 3.05) is 53.4 Å². The molecular weight excluding hydrogens is 491 g/mol. The molecular formula is C22H39IN6O. The summed E-state index contributed by atoms with van der Waals surface area (Å²) in [6.45, 7) is 11.9. The SMILES string of the molecule is CN=C(NCC(C)N(C)Cc1ccccc1)N1CCN(CC(=O)NC(C)C)CC1.I. The second-order valence-corrected chi connectivity index (χ2v) is 8.16. The number of rotatable bonds is 8. The summed E-state index contributed by atoms with van der Waals surface area (Å²) in [4.78, 5) is 23.3. The van der Waals surface area contributed by atoms with Crippen molar-refractivity contribution in [3.8, 4) is 0 Å². The number of nitrogens with one attached hydrogen (secondary N) is 2. The number of hydrogen-bond acceptors (Lipinski definition) is 4. The van der Waals surface area contributed by atoms with E-state index in [4.69, 9.17) is 0 Å². The molecule has 0 aromatic heterocycles. The normalized spacial score (nSPS) is 16.4. The zero-order chi connectivity index (χ0) is 21.2. The van der Waals surface area contributed by atoms with E-state index in [1.54, 1.807) is 0 Å². The molecule has 170 valence electrons. The lowest BCUT2D eigenvalue weighted by molar-refractivity contribution is -0.123. The number of hydrogen-bond donors (Lipinski definition) is 2. The Bertz CT molecular complexity index is 646. The molecule has 1 aliphatic heterocycles. The maximum Gasteiger partial charge on any atom is 0.234 e. The summed E-state index contributed by atoms with van der Waals surface area (Å²) in [7, 11) is 3.99. The predicted octanol–water partition coefficient (Wildman–Crippen LogP) is 1.84. The summed E-state index contributed by atoms with van der Waals surface area (Å²) in [5.41, 5.74) is 1.32. The van der Waals surface area contributed by atoms with Crippen molar-refractivity contribution < 1.29 is 4.79 Å². The third kappa shape index (κ3) is 9.18. The quantitative estimate of drug-likeness (QED) is 0.305. The van der Waals surface area contributed by atoms with Crippen LogP contribution in [0.3, 0.4) is 0 Å². The van der Waals surface area contributed by atoms with E-state index >= 15 is 0 Å². The highest BCUT2D eigenvalue weighted by atomic mass is 127. The minimum atomic E-state index is 0. The monoisotopic (exact) mass is 530 g/mol. The molecule has 1 aromatic carbocycles. The molecule has 30 heavy (non-hydrogen) atoms. The first-order valence-electron chi connectivity index (χ1n) is 10.6. The van der Waals surface area contributed by atoms with Crippen LogP contribution in [-0.2, 0) is 11.3 Å². The second-order valence-electron chi connectivity index (χ2n) is 8.16. The number of likely N-dealkylation sites (N-methyl/N-ethyl adjacent to an activating group) is 1. The van der Waals surface area contributed by atoms with Gasteiger partial charge in [-0.3, -0.25) is 19.6 Å². The lowest BCUT2D eigenvalue weighted by Gasteiger charge is -2.37. The lowest BCUT2D eigenvalue weighted by Crippen LogP contribution is -2.55. The van der Waals surface area contributed by atoms with Crippen LogP contribution in [0.15, 0.2) is 35.3 Å². The molecule has 7 nitrogen and oxygen atoms in total. The largest absolute Gasteiger partial charge is 0.355 e. The molecule has 1 amide bonds. The first-order valence-corrected chi connectivity index (χ1v) is 10.6. The highest BCUT2D eigenvalue weighted by Gasteiger charge is 2.22. The zero-order valence-corrected chi connectivity index (χ0v) is 21.4. The number of carbonyl (C=O) groups is 1. The van der Waals surface area contributed by atoms with Crippen molar-refractivity contribution in [3.05, 3.63) is 35.9 Å². The number of piperazine rings is 1. The fourth-order valence-corrected chi connectivity index (χ4v) is 3.44. The summed E-state index contributed by atoms with van der Waals surface area (Å²) in [5, 5.41) is 6.48. The highest BCUT2D eigenvalue weighted by molar-refractivity contribution is 14.0. The molecule has 2 rings (SSSR count). The van der Waals surface area contributed by atoms with Gasteiger partial charge in [0.15, 0.2) is 5.96 Å². The molecule has 1 atom stereocenters.